The van der Waals surface area contributed by atoms with Gasteiger partial charge in [-0.25, -0.2) is 17.9 Å². The van der Waals surface area contributed by atoms with Gasteiger partial charge in [0.2, 0.25) is 11.9 Å². The average molecular weight is 397 g/mol. The number of aromatic nitrogens is 2. The van der Waals surface area contributed by atoms with Crippen molar-refractivity contribution < 1.29 is 22.4 Å². The molecule has 0 atom stereocenters. The van der Waals surface area contributed by atoms with E-state index in [1.165, 1.54) is 19.2 Å². The second kappa shape index (κ2) is 7.93. The summed E-state index contributed by atoms with van der Waals surface area (Å²) in [6, 6.07) is 4.43. The highest BCUT2D eigenvalue weighted by Gasteiger charge is 2.35. The zero-order valence-electron chi connectivity index (χ0n) is 16.1. The number of benzene rings is 1. The van der Waals surface area contributed by atoms with E-state index >= 15 is 0 Å². The molecule has 1 fully saturated rings. The smallest absolute Gasteiger partial charge is 0.282 e. The molecular weight excluding hydrogens is 374 g/mol. The van der Waals surface area contributed by atoms with Crippen molar-refractivity contribution in [1.82, 2.24) is 14.7 Å². The van der Waals surface area contributed by atoms with Crippen LogP contribution in [-0.4, -0.2) is 26.6 Å². The molecule has 3 rings (SSSR count). The Balaban J connectivity index is 1.87. The largest absolute Gasteiger partial charge is 0.335 e. The monoisotopic (exact) mass is 397 g/mol. The molecule has 28 heavy (non-hydrogen) atoms. The summed E-state index contributed by atoms with van der Waals surface area (Å²) >= 11 is 0. The molecule has 4 nitrogen and oxygen atoms in total. The van der Waals surface area contributed by atoms with Crippen LogP contribution in [0.15, 0.2) is 18.2 Å². The normalized spacial score (nSPS) is 14.2. The molecule has 1 aliphatic rings. The molecule has 0 unspecified atom stereocenters. The van der Waals surface area contributed by atoms with Gasteiger partial charge in [-0.2, -0.15) is 9.49 Å². The molecule has 8 heteroatoms. The third-order valence-electron chi connectivity index (χ3n) is 5.01. The fraction of sp³-hybridized carbons (Fsp3) is 0.500. The van der Waals surface area contributed by atoms with Crippen LogP contribution < -0.4 is 0 Å². The highest BCUT2D eigenvalue weighted by Crippen LogP contribution is 2.32. The molecule has 152 valence electrons. The molecule has 1 aliphatic carbocycles. The molecule has 0 saturated heterocycles. The number of amides is 1. The highest BCUT2D eigenvalue weighted by atomic mass is 19.3. The molecule has 2 aromatic rings. The topological polar surface area (TPSA) is 38.1 Å². The Bertz CT molecular complexity index is 875. The minimum Gasteiger partial charge on any atom is -0.335 e. The first kappa shape index (κ1) is 20.4. The van der Waals surface area contributed by atoms with Crippen molar-refractivity contribution in [3.63, 3.8) is 0 Å². The van der Waals surface area contributed by atoms with Gasteiger partial charge in [-0.15, -0.1) is 0 Å². The summed E-state index contributed by atoms with van der Waals surface area (Å²) in [4.78, 5) is 14.4. The standard InChI is InChI=1S/C20H23F4N3O/c1-11(2)15-7-4-13(21)8-12(15)10-27(14-5-6-14)17(28)9-16-18(19(22)23)25-26(3)20(16)24/h4,7-8,11,14,19H,5-6,9-10H2,1-3H3. The third-order valence-corrected chi connectivity index (χ3v) is 5.01. The summed E-state index contributed by atoms with van der Waals surface area (Å²) in [5, 5.41) is 3.49. The molecule has 1 aromatic heterocycles. The molecule has 0 radical (unpaired) electrons. The molecule has 0 aliphatic heterocycles. The molecule has 0 N–H and O–H groups in total. The molecule has 1 saturated carbocycles. The van der Waals surface area contributed by atoms with E-state index in [1.807, 2.05) is 13.8 Å². The fourth-order valence-corrected chi connectivity index (χ4v) is 3.42. The van der Waals surface area contributed by atoms with Gasteiger partial charge in [0.15, 0.2) is 0 Å². The van der Waals surface area contributed by atoms with Crippen LogP contribution >= 0.6 is 0 Å². The summed E-state index contributed by atoms with van der Waals surface area (Å²) in [6.07, 6.45) is -1.89. The van der Waals surface area contributed by atoms with Crippen LogP contribution in [0.5, 0.6) is 0 Å². The molecular formula is C20H23F4N3O. The SMILES string of the molecule is CC(C)c1ccc(F)cc1CN(C(=O)Cc1c(C(F)F)nn(C)c1F)C1CC1. The number of nitrogens with zero attached hydrogens (tertiary/aromatic N) is 3. The number of halogens is 4. The summed E-state index contributed by atoms with van der Waals surface area (Å²) in [5.41, 5.74) is 0.505. The second-order valence-corrected chi connectivity index (χ2v) is 7.51. The van der Waals surface area contributed by atoms with Gasteiger partial charge in [-0.3, -0.25) is 4.79 Å². The van der Waals surface area contributed by atoms with Gasteiger partial charge in [0.1, 0.15) is 11.5 Å². The Morgan fingerprint density at radius 2 is 1.96 bits per heavy atom. The molecule has 0 spiro atoms. The van der Waals surface area contributed by atoms with Gasteiger partial charge in [-0.1, -0.05) is 19.9 Å². The van der Waals surface area contributed by atoms with Gasteiger partial charge < -0.3 is 4.90 Å². The van der Waals surface area contributed by atoms with E-state index in [4.69, 9.17) is 0 Å². The first-order valence-electron chi connectivity index (χ1n) is 9.26. The maximum Gasteiger partial charge on any atom is 0.282 e. The van der Waals surface area contributed by atoms with E-state index in [1.54, 1.807) is 11.0 Å². The average Bonchev–Trinajstić information content (AvgIpc) is 3.41. The van der Waals surface area contributed by atoms with Crippen LogP contribution in [0.1, 0.15) is 61.4 Å². The van der Waals surface area contributed by atoms with Crippen molar-refractivity contribution >= 4 is 5.91 Å². The Kier molecular flexibility index (Phi) is 5.76. The lowest BCUT2D eigenvalue weighted by molar-refractivity contribution is -0.131. The van der Waals surface area contributed by atoms with E-state index in [9.17, 15) is 22.4 Å². The van der Waals surface area contributed by atoms with Gasteiger partial charge in [0, 0.05) is 25.2 Å². The molecule has 1 aromatic carbocycles. The lowest BCUT2D eigenvalue weighted by atomic mass is 9.96. The Labute approximate surface area is 161 Å². The van der Waals surface area contributed by atoms with Crippen molar-refractivity contribution in [2.75, 3.05) is 0 Å². The van der Waals surface area contributed by atoms with Crippen molar-refractivity contribution in [3.8, 4) is 0 Å². The van der Waals surface area contributed by atoms with Crippen molar-refractivity contribution in [2.24, 2.45) is 7.05 Å². The third kappa shape index (κ3) is 4.20. The Hall–Kier alpha value is -2.38. The number of hydrogen-bond donors (Lipinski definition) is 0. The minimum absolute atomic E-state index is 0.0366. The number of rotatable bonds is 7. The minimum atomic E-state index is -2.97. The van der Waals surface area contributed by atoms with E-state index in [0.29, 0.717) is 5.56 Å². The van der Waals surface area contributed by atoms with Crippen molar-refractivity contribution in [2.45, 2.75) is 58.0 Å². The van der Waals surface area contributed by atoms with E-state index in [0.717, 1.165) is 23.1 Å². The first-order chi connectivity index (χ1) is 13.2. The highest BCUT2D eigenvalue weighted by molar-refractivity contribution is 5.79. The second-order valence-electron chi connectivity index (χ2n) is 7.51. The lowest BCUT2D eigenvalue weighted by Crippen LogP contribution is -2.34. The number of alkyl halides is 2. The molecule has 0 bridgehead atoms. The predicted octanol–water partition coefficient (Wildman–Crippen LogP) is 4.49. The number of hydrogen-bond acceptors (Lipinski definition) is 2. The lowest BCUT2D eigenvalue weighted by Gasteiger charge is -2.25. The maximum atomic E-state index is 14.2. The van der Waals surface area contributed by atoms with Gasteiger partial charge in [-0.05, 0) is 42.0 Å². The van der Waals surface area contributed by atoms with Crippen LogP contribution in [0.4, 0.5) is 17.6 Å². The van der Waals surface area contributed by atoms with Gasteiger partial charge in [0.25, 0.3) is 6.43 Å². The zero-order valence-corrected chi connectivity index (χ0v) is 16.1. The number of aryl methyl sites for hydroxylation is 1. The van der Waals surface area contributed by atoms with Crippen molar-refractivity contribution in [3.05, 3.63) is 52.3 Å². The summed E-state index contributed by atoms with van der Waals surface area (Å²) < 4.78 is 55.0. The quantitative estimate of drug-likeness (QED) is 0.646. The van der Waals surface area contributed by atoms with E-state index in [2.05, 4.69) is 5.10 Å². The van der Waals surface area contributed by atoms with E-state index < -0.39 is 36.2 Å². The van der Waals surface area contributed by atoms with Gasteiger partial charge >= 0.3 is 0 Å². The maximum absolute atomic E-state index is 14.2. The van der Waals surface area contributed by atoms with E-state index in [-0.39, 0.29) is 24.1 Å². The molecule has 1 amide bonds. The van der Waals surface area contributed by atoms with Crippen LogP contribution in [0, 0.1) is 11.8 Å². The van der Waals surface area contributed by atoms with Crippen molar-refractivity contribution in [1.29, 1.82) is 0 Å². The Morgan fingerprint density at radius 1 is 1.29 bits per heavy atom. The fourth-order valence-electron chi connectivity index (χ4n) is 3.42. The number of carbonyl (C=O) groups excluding carboxylic acids is 1. The van der Waals surface area contributed by atoms with Crippen LogP contribution in [-0.2, 0) is 24.8 Å². The van der Waals surface area contributed by atoms with Crippen LogP contribution in [0.25, 0.3) is 0 Å². The van der Waals surface area contributed by atoms with Crippen LogP contribution in [0.3, 0.4) is 0 Å². The van der Waals surface area contributed by atoms with Gasteiger partial charge in [0.05, 0.1) is 6.42 Å². The summed E-state index contributed by atoms with van der Waals surface area (Å²) in [6.45, 7) is 4.11. The Morgan fingerprint density at radius 3 is 2.54 bits per heavy atom. The number of carbonyl (C=O) groups is 1. The zero-order chi connectivity index (χ0) is 20.6. The first-order valence-corrected chi connectivity index (χ1v) is 9.26. The predicted molar refractivity (Wildman–Crippen MR) is 95.9 cm³/mol. The summed E-state index contributed by atoms with van der Waals surface area (Å²) in [5.74, 6) is -1.67. The summed E-state index contributed by atoms with van der Waals surface area (Å²) in [7, 11) is 1.22. The molecule has 1 heterocycles. The van der Waals surface area contributed by atoms with Crippen LogP contribution in [0.2, 0.25) is 0 Å².